The number of carbonyl (C=O) groups excluding carboxylic acids is 1. The number of ether oxygens (including phenoxy) is 2. The molecule has 1 spiro atoms. The van der Waals surface area contributed by atoms with Crippen molar-refractivity contribution in [3.8, 4) is 6.07 Å². The number of halogens is 4. The summed E-state index contributed by atoms with van der Waals surface area (Å²) < 4.78 is 66.2. The Morgan fingerprint density at radius 1 is 1.23 bits per heavy atom. The average molecular weight is 508 g/mol. The number of rotatable bonds is 4. The molecule has 0 amide bonds. The maximum Gasteiger partial charge on any atom is 0.417 e. The van der Waals surface area contributed by atoms with Crippen LogP contribution in [0.2, 0.25) is 0 Å². The third-order valence-electron chi connectivity index (χ3n) is 5.95. The number of carbonyl (C=O) groups is 1. The van der Waals surface area contributed by atoms with Crippen LogP contribution in [0.25, 0.3) is 0 Å². The highest BCUT2D eigenvalue weighted by atomic mass is 32.1. The van der Waals surface area contributed by atoms with Crippen molar-refractivity contribution in [2.24, 2.45) is 0 Å². The lowest BCUT2D eigenvalue weighted by molar-refractivity contribution is -0.137. The van der Waals surface area contributed by atoms with Gasteiger partial charge in [0.2, 0.25) is 0 Å². The normalized spacial score (nSPS) is 20.1. The first-order valence-corrected chi connectivity index (χ1v) is 11.2. The lowest BCUT2D eigenvalue weighted by Crippen LogP contribution is -2.48. The SMILES string of the molecule is CC(C)OC(=O)c1ccc(N2C(=S)N(c3ccc(C#N)c(C(F)(F)F)c3)C[C@]23CCOC3)cc1F. The number of hydrogen-bond acceptors (Lipinski definition) is 5. The predicted molar refractivity (Wildman–Crippen MR) is 124 cm³/mol. The fourth-order valence-electron chi connectivity index (χ4n) is 4.36. The van der Waals surface area contributed by atoms with Crippen molar-refractivity contribution in [2.75, 3.05) is 29.6 Å². The van der Waals surface area contributed by atoms with Crippen LogP contribution in [0.3, 0.4) is 0 Å². The Labute approximate surface area is 204 Å². The topological polar surface area (TPSA) is 65.8 Å². The fraction of sp³-hybridized carbons (Fsp3) is 0.375. The molecular formula is C24H21F4N3O3S. The summed E-state index contributed by atoms with van der Waals surface area (Å²) in [6.07, 6.45) is -4.64. The number of thiocarbonyl (C=S) groups is 1. The zero-order valence-electron chi connectivity index (χ0n) is 18.9. The van der Waals surface area contributed by atoms with Gasteiger partial charge in [-0.05, 0) is 68.9 Å². The average Bonchev–Trinajstić information content (AvgIpc) is 3.36. The molecule has 0 radical (unpaired) electrons. The largest absolute Gasteiger partial charge is 0.459 e. The van der Waals surface area contributed by atoms with Crippen LogP contribution in [-0.4, -0.2) is 42.5 Å². The highest BCUT2D eigenvalue weighted by Gasteiger charge is 2.51. The molecule has 4 rings (SSSR count). The van der Waals surface area contributed by atoms with Crippen molar-refractivity contribution >= 4 is 34.7 Å². The molecule has 0 bridgehead atoms. The van der Waals surface area contributed by atoms with E-state index in [2.05, 4.69) is 0 Å². The van der Waals surface area contributed by atoms with Gasteiger partial charge in [-0.15, -0.1) is 0 Å². The minimum absolute atomic E-state index is 0.158. The lowest BCUT2D eigenvalue weighted by atomic mass is 9.96. The maximum absolute atomic E-state index is 14.9. The van der Waals surface area contributed by atoms with Crippen LogP contribution in [0, 0.1) is 17.1 Å². The summed E-state index contributed by atoms with van der Waals surface area (Å²) in [4.78, 5) is 15.4. The predicted octanol–water partition coefficient (Wildman–Crippen LogP) is 5.05. The van der Waals surface area contributed by atoms with Gasteiger partial charge in [0.05, 0.1) is 47.6 Å². The van der Waals surface area contributed by atoms with E-state index in [-0.39, 0.29) is 29.5 Å². The van der Waals surface area contributed by atoms with Gasteiger partial charge in [-0.1, -0.05) is 0 Å². The first-order chi connectivity index (χ1) is 16.5. The number of esters is 1. The summed E-state index contributed by atoms with van der Waals surface area (Å²) in [6.45, 7) is 4.13. The fourth-order valence-corrected chi connectivity index (χ4v) is 4.83. The van der Waals surface area contributed by atoms with Crippen molar-refractivity contribution < 1.29 is 31.8 Å². The minimum Gasteiger partial charge on any atom is -0.459 e. The lowest BCUT2D eigenvalue weighted by Gasteiger charge is -2.33. The smallest absolute Gasteiger partial charge is 0.417 e. The molecule has 2 aliphatic rings. The van der Waals surface area contributed by atoms with Gasteiger partial charge < -0.3 is 19.3 Å². The van der Waals surface area contributed by atoms with E-state index in [1.807, 2.05) is 0 Å². The molecule has 2 aromatic rings. The molecule has 2 aliphatic heterocycles. The van der Waals surface area contributed by atoms with E-state index in [1.165, 1.54) is 23.1 Å². The van der Waals surface area contributed by atoms with Gasteiger partial charge in [0, 0.05) is 18.0 Å². The van der Waals surface area contributed by atoms with E-state index >= 15 is 0 Å². The van der Waals surface area contributed by atoms with Crippen molar-refractivity contribution in [1.82, 2.24) is 0 Å². The summed E-state index contributed by atoms with van der Waals surface area (Å²) in [5.74, 6) is -1.60. The molecule has 2 saturated heterocycles. The molecule has 2 heterocycles. The Bertz CT molecular complexity index is 1220. The zero-order valence-corrected chi connectivity index (χ0v) is 19.7. The molecule has 1 atom stereocenters. The first kappa shape index (κ1) is 24.9. The molecule has 0 saturated carbocycles. The second-order valence-corrected chi connectivity index (χ2v) is 9.05. The van der Waals surface area contributed by atoms with Crippen LogP contribution in [-0.2, 0) is 15.7 Å². The summed E-state index contributed by atoms with van der Waals surface area (Å²) in [6, 6.07) is 8.95. The zero-order chi connectivity index (χ0) is 25.5. The number of anilines is 2. The van der Waals surface area contributed by atoms with Gasteiger partial charge in [0.25, 0.3) is 0 Å². The maximum atomic E-state index is 14.9. The molecule has 35 heavy (non-hydrogen) atoms. The van der Waals surface area contributed by atoms with Crippen LogP contribution in [0.15, 0.2) is 36.4 Å². The van der Waals surface area contributed by atoms with Crippen molar-refractivity contribution in [2.45, 2.75) is 38.1 Å². The van der Waals surface area contributed by atoms with E-state index in [0.29, 0.717) is 18.7 Å². The monoisotopic (exact) mass is 507 g/mol. The quantitative estimate of drug-likeness (QED) is 0.326. The van der Waals surface area contributed by atoms with E-state index < -0.39 is 40.7 Å². The molecule has 2 fully saturated rings. The van der Waals surface area contributed by atoms with Gasteiger partial charge in [0.15, 0.2) is 5.11 Å². The van der Waals surface area contributed by atoms with E-state index in [0.717, 1.165) is 18.2 Å². The summed E-state index contributed by atoms with van der Waals surface area (Å²) in [5.41, 5.74) is -2.03. The van der Waals surface area contributed by atoms with Gasteiger partial charge in [-0.25, -0.2) is 9.18 Å². The van der Waals surface area contributed by atoms with Gasteiger partial charge >= 0.3 is 12.1 Å². The number of hydrogen-bond donors (Lipinski definition) is 0. The van der Waals surface area contributed by atoms with E-state index in [4.69, 9.17) is 27.0 Å². The summed E-state index contributed by atoms with van der Waals surface area (Å²) in [5, 5.41) is 9.26. The van der Waals surface area contributed by atoms with Crippen LogP contribution < -0.4 is 9.80 Å². The minimum atomic E-state index is -4.72. The number of alkyl halides is 3. The molecule has 0 aliphatic carbocycles. The van der Waals surface area contributed by atoms with Crippen LogP contribution in [0.4, 0.5) is 28.9 Å². The molecule has 0 unspecified atom stereocenters. The molecule has 6 nitrogen and oxygen atoms in total. The second-order valence-electron chi connectivity index (χ2n) is 8.69. The Morgan fingerprint density at radius 3 is 2.51 bits per heavy atom. The van der Waals surface area contributed by atoms with Crippen LogP contribution >= 0.6 is 12.2 Å². The second kappa shape index (κ2) is 9.09. The number of nitrogens with zero attached hydrogens (tertiary/aromatic N) is 3. The van der Waals surface area contributed by atoms with Crippen LogP contribution in [0.1, 0.15) is 41.8 Å². The van der Waals surface area contributed by atoms with Crippen molar-refractivity contribution in [3.05, 3.63) is 58.9 Å². The van der Waals surface area contributed by atoms with Crippen molar-refractivity contribution in [3.63, 3.8) is 0 Å². The third-order valence-corrected chi connectivity index (χ3v) is 6.35. The van der Waals surface area contributed by atoms with Crippen LogP contribution in [0.5, 0.6) is 0 Å². The highest BCUT2D eigenvalue weighted by Crippen LogP contribution is 2.42. The molecular weight excluding hydrogens is 486 g/mol. The summed E-state index contributed by atoms with van der Waals surface area (Å²) in [7, 11) is 0. The molecule has 11 heteroatoms. The molecule has 2 aromatic carbocycles. The van der Waals surface area contributed by atoms with E-state index in [9.17, 15) is 22.4 Å². The number of nitriles is 1. The standard InChI is InChI=1S/C24H21F4N3O3S/c1-14(2)34-21(32)18-6-5-17(10-20(18)25)31-22(35)30(12-23(31)7-8-33-13-23)16-4-3-15(11-29)19(9-16)24(26,27)28/h3-6,9-10,14H,7-8,12-13H2,1-2H3/t23-/m0/s1. The van der Waals surface area contributed by atoms with Gasteiger partial charge in [0.1, 0.15) is 5.82 Å². The first-order valence-electron chi connectivity index (χ1n) is 10.8. The Balaban J connectivity index is 1.73. The highest BCUT2D eigenvalue weighted by molar-refractivity contribution is 7.80. The Morgan fingerprint density at radius 2 is 1.94 bits per heavy atom. The van der Waals surface area contributed by atoms with E-state index in [1.54, 1.807) is 24.8 Å². The van der Waals surface area contributed by atoms with Gasteiger partial charge in [-0.2, -0.15) is 18.4 Å². The Kier molecular flexibility index (Phi) is 6.46. The molecule has 184 valence electrons. The molecule has 0 aromatic heterocycles. The molecule has 0 N–H and O–H groups in total. The van der Waals surface area contributed by atoms with Gasteiger partial charge in [-0.3, -0.25) is 0 Å². The summed E-state index contributed by atoms with van der Waals surface area (Å²) >= 11 is 5.65. The number of benzene rings is 2. The Hall–Kier alpha value is -3.23. The third kappa shape index (κ3) is 4.56. The van der Waals surface area contributed by atoms with Crippen molar-refractivity contribution in [1.29, 1.82) is 5.26 Å².